The number of likely N-dealkylation sites (N-methyl/N-ethyl adjacent to an activating group) is 1. The molecule has 1 fully saturated rings. The van der Waals surface area contributed by atoms with Crippen LogP contribution in [0, 0.1) is 0 Å². The molecule has 24 heavy (non-hydrogen) atoms. The van der Waals surface area contributed by atoms with Crippen LogP contribution in [0.15, 0.2) is 47.2 Å². The number of rotatable bonds is 4. The quantitative estimate of drug-likeness (QED) is 0.925. The molecule has 2 aromatic rings. The highest BCUT2D eigenvalue weighted by Crippen LogP contribution is 2.21. The van der Waals surface area contributed by atoms with E-state index in [2.05, 4.69) is 5.32 Å². The van der Waals surface area contributed by atoms with Gasteiger partial charge in [-0.1, -0.05) is 18.2 Å². The summed E-state index contributed by atoms with van der Waals surface area (Å²) in [6.45, 7) is 1.19. The molecule has 126 valence electrons. The van der Waals surface area contributed by atoms with Crippen molar-refractivity contribution < 1.29 is 9.59 Å². The highest BCUT2D eigenvalue weighted by molar-refractivity contribution is 7.07. The van der Waals surface area contributed by atoms with Crippen LogP contribution >= 0.6 is 11.3 Å². The predicted molar refractivity (Wildman–Crippen MR) is 96.0 cm³/mol. The van der Waals surface area contributed by atoms with E-state index in [1.165, 1.54) is 0 Å². The Morgan fingerprint density at radius 1 is 1.29 bits per heavy atom. The van der Waals surface area contributed by atoms with Gasteiger partial charge in [0.15, 0.2) is 0 Å². The second-order valence-electron chi connectivity index (χ2n) is 5.97. The average molecular weight is 343 g/mol. The summed E-state index contributed by atoms with van der Waals surface area (Å²) in [7, 11) is 1.80. The topological polar surface area (TPSA) is 52.7 Å². The molecule has 0 spiro atoms. The summed E-state index contributed by atoms with van der Waals surface area (Å²) in [5.74, 6) is 0.00177. The Morgan fingerprint density at radius 3 is 2.79 bits per heavy atom. The number of benzene rings is 1. The third-order valence-electron chi connectivity index (χ3n) is 4.20. The monoisotopic (exact) mass is 343 g/mol. The highest BCUT2D eigenvalue weighted by Gasteiger charge is 2.35. The van der Waals surface area contributed by atoms with Gasteiger partial charge in [0.1, 0.15) is 6.04 Å². The number of urea groups is 1. The molecule has 0 bridgehead atoms. The molecule has 3 rings (SSSR count). The van der Waals surface area contributed by atoms with Crippen molar-refractivity contribution in [1.82, 2.24) is 9.80 Å². The van der Waals surface area contributed by atoms with E-state index in [4.69, 9.17) is 0 Å². The second-order valence-corrected chi connectivity index (χ2v) is 6.75. The van der Waals surface area contributed by atoms with Gasteiger partial charge in [0, 0.05) is 25.8 Å². The fourth-order valence-corrected chi connectivity index (χ4v) is 3.63. The molecule has 1 aliphatic rings. The zero-order valence-electron chi connectivity index (χ0n) is 13.6. The molecule has 0 radical (unpaired) electrons. The minimum atomic E-state index is -0.377. The minimum Gasteiger partial charge on any atom is -0.340 e. The fraction of sp³-hybridized carbons (Fsp3) is 0.333. The Hall–Kier alpha value is -2.34. The molecule has 3 amide bonds. The van der Waals surface area contributed by atoms with E-state index < -0.39 is 0 Å². The number of hydrogen-bond acceptors (Lipinski definition) is 3. The molecule has 1 atom stereocenters. The maximum atomic E-state index is 12.7. The first-order valence-corrected chi connectivity index (χ1v) is 8.98. The maximum Gasteiger partial charge on any atom is 0.322 e. The van der Waals surface area contributed by atoms with Gasteiger partial charge < -0.3 is 15.1 Å². The average Bonchev–Trinajstić information content (AvgIpc) is 3.26. The molecule has 1 saturated heterocycles. The molecule has 0 aliphatic carbocycles. The first-order valence-electron chi connectivity index (χ1n) is 8.04. The van der Waals surface area contributed by atoms with E-state index in [0.29, 0.717) is 13.1 Å². The number of nitrogens with one attached hydrogen (secondary N) is 1. The summed E-state index contributed by atoms with van der Waals surface area (Å²) >= 11 is 1.62. The van der Waals surface area contributed by atoms with Crippen LogP contribution in [0.2, 0.25) is 0 Å². The number of likely N-dealkylation sites (tertiary alicyclic amines) is 1. The summed E-state index contributed by atoms with van der Waals surface area (Å²) in [5, 5.41) is 6.91. The first-order chi connectivity index (χ1) is 11.6. The largest absolute Gasteiger partial charge is 0.340 e. The van der Waals surface area contributed by atoms with Crippen molar-refractivity contribution in [3.05, 3.63) is 52.7 Å². The highest BCUT2D eigenvalue weighted by atomic mass is 32.1. The van der Waals surface area contributed by atoms with Crippen molar-refractivity contribution in [2.75, 3.05) is 18.9 Å². The van der Waals surface area contributed by atoms with Crippen LogP contribution in [0.25, 0.3) is 0 Å². The van der Waals surface area contributed by atoms with Crippen LogP contribution in [0.5, 0.6) is 0 Å². The predicted octanol–water partition coefficient (Wildman–Crippen LogP) is 3.40. The molecule has 0 saturated carbocycles. The third kappa shape index (κ3) is 3.76. The van der Waals surface area contributed by atoms with Gasteiger partial charge in [0.2, 0.25) is 5.91 Å². The van der Waals surface area contributed by atoms with E-state index in [1.807, 2.05) is 47.2 Å². The summed E-state index contributed by atoms with van der Waals surface area (Å²) < 4.78 is 0. The summed E-state index contributed by atoms with van der Waals surface area (Å²) in [4.78, 5) is 28.6. The Balaban J connectivity index is 1.63. The third-order valence-corrected chi connectivity index (χ3v) is 4.93. The Morgan fingerprint density at radius 2 is 2.08 bits per heavy atom. The number of carbonyl (C=O) groups is 2. The van der Waals surface area contributed by atoms with Crippen LogP contribution in [0.1, 0.15) is 18.4 Å². The van der Waals surface area contributed by atoms with Crippen molar-refractivity contribution in [2.24, 2.45) is 0 Å². The van der Waals surface area contributed by atoms with Crippen molar-refractivity contribution in [3.63, 3.8) is 0 Å². The van der Waals surface area contributed by atoms with Gasteiger partial charge >= 0.3 is 6.03 Å². The van der Waals surface area contributed by atoms with Crippen LogP contribution in [0.3, 0.4) is 0 Å². The summed E-state index contributed by atoms with van der Waals surface area (Å²) in [6.07, 6.45) is 1.57. The SMILES string of the molecule is CN(Cc1ccsc1)C(=O)[C@H]1CCCN1C(=O)Nc1ccccc1. The molecule has 5 nitrogen and oxygen atoms in total. The molecule has 0 unspecified atom stereocenters. The molecule has 1 N–H and O–H groups in total. The lowest BCUT2D eigenvalue weighted by atomic mass is 10.2. The lowest BCUT2D eigenvalue weighted by Gasteiger charge is -2.28. The van der Waals surface area contributed by atoms with E-state index in [1.54, 1.807) is 28.2 Å². The van der Waals surface area contributed by atoms with E-state index >= 15 is 0 Å². The molecule has 1 aromatic carbocycles. The van der Waals surface area contributed by atoms with Gasteiger partial charge in [0.05, 0.1) is 0 Å². The van der Waals surface area contributed by atoms with E-state index in [9.17, 15) is 9.59 Å². The summed E-state index contributed by atoms with van der Waals surface area (Å²) in [6, 6.07) is 10.8. The smallest absolute Gasteiger partial charge is 0.322 e. The Labute approximate surface area is 145 Å². The minimum absolute atomic E-state index is 0.00177. The molecule has 6 heteroatoms. The van der Waals surface area contributed by atoms with Gasteiger partial charge in [-0.2, -0.15) is 11.3 Å². The second kappa shape index (κ2) is 7.49. The van der Waals surface area contributed by atoms with Gasteiger partial charge in [-0.05, 0) is 47.4 Å². The van der Waals surface area contributed by atoms with Crippen LogP contribution < -0.4 is 5.32 Å². The normalized spacial score (nSPS) is 16.9. The van der Waals surface area contributed by atoms with Crippen LogP contribution in [0.4, 0.5) is 10.5 Å². The number of carbonyl (C=O) groups excluding carboxylic acids is 2. The zero-order valence-corrected chi connectivity index (χ0v) is 14.5. The van der Waals surface area contributed by atoms with Crippen LogP contribution in [-0.4, -0.2) is 41.4 Å². The number of para-hydroxylation sites is 1. The Kier molecular flexibility index (Phi) is 5.15. The van der Waals surface area contributed by atoms with Crippen molar-refractivity contribution >= 4 is 29.0 Å². The number of thiophene rings is 1. The van der Waals surface area contributed by atoms with Crippen molar-refractivity contribution in [3.8, 4) is 0 Å². The summed E-state index contributed by atoms with van der Waals surface area (Å²) in [5.41, 5.74) is 1.86. The molecular formula is C18H21N3O2S. The van der Waals surface area contributed by atoms with Gasteiger partial charge in [-0.3, -0.25) is 4.79 Å². The lowest BCUT2D eigenvalue weighted by molar-refractivity contribution is -0.134. The standard InChI is InChI=1S/C18H21N3O2S/c1-20(12-14-9-11-24-13-14)17(22)16-8-5-10-21(16)18(23)19-15-6-3-2-4-7-15/h2-4,6-7,9,11,13,16H,5,8,10,12H2,1H3,(H,19,23)/t16-/m1/s1. The lowest BCUT2D eigenvalue weighted by Crippen LogP contribution is -2.47. The van der Waals surface area contributed by atoms with Crippen LogP contribution in [-0.2, 0) is 11.3 Å². The molecule has 1 aromatic heterocycles. The van der Waals surface area contributed by atoms with E-state index in [-0.39, 0.29) is 18.0 Å². The number of nitrogens with zero attached hydrogens (tertiary/aromatic N) is 2. The van der Waals surface area contributed by atoms with E-state index in [0.717, 1.165) is 24.1 Å². The fourth-order valence-electron chi connectivity index (χ4n) is 2.97. The Bertz CT molecular complexity index is 688. The van der Waals surface area contributed by atoms with Gasteiger partial charge in [-0.25, -0.2) is 4.79 Å². The number of amides is 3. The van der Waals surface area contributed by atoms with Gasteiger partial charge in [-0.15, -0.1) is 0 Å². The molecular weight excluding hydrogens is 322 g/mol. The van der Waals surface area contributed by atoms with Crippen molar-refractivity contribution in [2.45, 2.75) is 25.4 Å². The molecule has 2 heterocycles. The maximum absolute atomic E-state index is 12.7. The molecule has 1 aliphatic heterocycles. The number of anilines is 1. The zero-order chi connectivity index (χ0) is 16.9. The first kappa shape index (κ1) is 16.5. The van der Waals surface area contributed by atoms with Gasteiger partial charge in [0.25, 0.3) is 0 Å². The number of hydrogen-bond donors (Lipinski definition) is 1. The van der Waals surface area contributed by atoms with Crippen molar-refractivity contribution in [1.29, 1.82) is 0 Å².